The van der Waals surface area contributed by atoms with E-state index in [4.69, 9.17) is 4.74 Å². The van der Waals surface area contributed by atoms with Crippen LogP contribution in [-0.4, -0.2) is 59.6 Å². The summed E-state index contributed by atoms with van der Waals surface area (Å²) in [5, 5.41) is 3.20. The molecular formula is C25H35N3O3. The van der Waals surface area contributed by atoms with Gasteiger partial charge >= 0.3 is 0 Å². The first-order chi connectivity index (χ1) is 14.9. The molecule has 2 aliphatic heterocycles. The summed E-state index contributed by atoms with van der Waals surface area (Å²) in [6.45, 7) is 6.63. The van der Waals surface area contributed by atoms with Crippen molar-refractivity contribution in [3.8, 4) is 5.75 Å². The first-order valence-corrected chi connectivity index (χ1v) is 12.0. The van der Waals surface area contributed by atoms with Crippen molar-refractivity contribution in [3.63, 3.8) is 0 Å². The van der Waals surface area contributed by atoms with Crippen LogP contribution >= 0.6 is 0 Å². The van der Waals surface area contributed by atoms with Crippen LogP contribution in [0.1, 0.15) is 62.7 Å². The normalized spacial score (nSPS) is 33.2. The van der Waals surface area contributed by atoms with E-state index in [0.29, 0.717) is 29.3 Å². The Morgan fingerprint density at radius 2 is 1.94 bits per heavy atom. The number of hydrogen-bond donors (Lipinski definition) is 1. The summed E-state index contributed by atoms with van der Waals surface area (Å²) in [5.41, 5.74) is -0.0403. The number of fused-ring (bicyclic) bond motifs is 3. The lowest BCUT2D eigenvalue weighted by Gasteiger charge is -2.55. The number of para-hydroxylation sites is 1. The number of nitrogens with zero attached hydrogens (tertiary/aromatic N) is 2. The molecule has 4 atom stereocenters. The van der Waals surface area contributed by atoms with Crippen LogP contribution in [0.2, 0.25) is 0 Å². The topological polar surface area (TPSA) is 61.9 Å². The molecule has 3 aliphatic carbocycles. The van der Waals surface area contributed by atoms with Crippen LogP contribution in [0.4, 0.5) is 0 Å². The fraction of sp³-hybridized carbons (Fsp3) is 0.680. The molecule has 168 valence electrons. The summed E-state index contributed by atoms with van der Waals surface area (Å²) >= 11 is 0. The molecule has 1 N–H and O–H groups in total. The van der Waals surface area contributed by atoms with E-state index in [1.54, 1.807) is 0 Å². The number of ether oxygens (including phenoxy) is 1. The minimum atomic E-state index is -0.647. The molecule has 2 heterocycles. The zero-order chi connectivity index (χ0) is 21.8. The molecule has 31 heavy (non-hydrogen) atoms. The lowest BCUT2D eigenvalue weighted by Crippen LogP contribution is -2.67. The number of benzene rings is 1. The third-order valence-corrected chi connectivity index (χ3v) is 8.41. The Balaban J connectivity index is 1.27. The predicted octanol–water partition coefficient (Wildman–Crippen LogP) is 3.27. The van der Waals surface area contributed by atoms with Crippen LogP contribution in [0.15, 0.2) is 24.3 Å². The van der Waals surface area contributed by atoms with Gasteiger partial charge in [-0.25, -0.2) is 0 Å². The van der Waals surface area contributed by atoms with Crippen molar-refractivity contribution in [3.05, 3.63) is 29.8 Å². The molecule has 0 radical (unpaired) electrons. The van der Waals surface area contributed by atoms with E-state index in [0.717, 1.165) is 51.6 Å². The smallest absolute Gasteiger partial charge is 0.258 e. The monoisotopic (exact) mass is 425 g/mol. The largest absolute Gasteiger partial charge is 0.467 e. The summed E-state index contributed by atoms with van der Waals surface area (Å²) in [6.07, 6.45) is 5.70. The van der Waals surface area contributed by atoms with Gasteiger partial charge in [-0.05, 0) is 64.0 Å². The van der Waals surface area contributed by atoms with Gasteiger partial charge in [-0.3, -0.25) is 9.59 Å². The van der Waals surface area contributed by atoms with Crippen molar-refractivity contribution in [2.45, 2.75) is 70.2 Å². The average molecular weight is 426 g/mol. The van der Waals surface area contributed by atoms with Crippen LogP contribution in [0.25, 0.3) is 0 Å². The van der Waals surface area contributed by atoms with E-state index in [1.807, 2.05) is 36.2 Å². The molecule has 0 aromatic heterocycles. The molecule has 1 aromatic carbocycles. The van der Waals surface area contributed by atoms with E-state index in [9.17, 15) is 9.59 Å². The lowest BCUT2D eigenvalue weighted by molar-refractivity contribution is -0.156. The van der Waals surface area contributed by atoms with Crippen molar-refractivity contribution in [2.24, 2.45) is 17.8 Å². The Bertz CT molecular complexity index is 863. The average Bonchev–Trinajstić information content (AvgIpc) is 2.78. The van der Waals surface area contributed by atoms with Crippen molar-refractivity contribution < 1.29 is 14.3 Å². The second-order valence-electron chi connectivity index (χ2n) is 10.3. The molecule has 2 bridgehead atoms. The van der Waals surface area contributed by atoms with Gasteiger partial charge in [-0.15, -0.1) is 0 Å². The molecule has 3 saturated carbocycles. The molecule has 5 aliphatic rings. The molecule has 6 heteroatoms. The quantitative estimate of drug-likeness (QED) is 0.807. The third kappa shape index (κ3) is 3.53. The second-order valence-corrected chi connectivity index (χ2v) is 10.3. The predicted molar refractivity (Wildman–Crippen MR) is 119 cm³/mol. The first-order valence-electron chi connectivity index (χ1n) is 12.0. The maximum Gasteiger partial charge on any atom is 0.258 e. The van der Waals surface area contributed by atoms with Gasteiger partial charge in [0.15, 0.2) is 5.72 Å². The van der Waals surface area contributed by atoms with Gasteiger partial charge in [-0.1, -0.05) is 12.1 Å². The SMILES string of the molecule is CC(C)N1CCC(N(C)C(=O)C2CC3CCC2CC32NC(=O)c3ccccc3O2)CC1. The van der Waals surface area contributed by atoms with Gasteiger partial charge in [0.05, 0.1) is 5.56 Å². The fourth-order valence-electron chi connectivity index (χ4n) is 6.49. The molecule has 4 fully saturated rings. The molecule has 1 saturated heterocycles. The van der Waals surface area contributed by atoms with Gasteiger partial charge in [-0.2, -0.15) is 0 Å². The highest BCUT2D eigenvalue weighted by atomic mass is 16.5. The lowest BCUT2D eigenvalue weighted by atomic mass is 9.59. The Morgan fingerprint density at radius 1 is 1.19 bits per heavy atom. The van der Waals surface area contributed by atoms with Gasteiger partial charge in [0.2, 0.25) is 5.91 Å². The zero-order valence-electron chi connectivity index (χ0n) is 19.0. The maximum atomic E-state index is 13.5. The van der Waals surface area contributed by atoms with Crippen LogP contribution in [0.3, 0.4) is 0 Å². The van der Waals surface area contributed by atoms with E-state index in [1.165, 1.54) is 0 Å². The maximum absolute atomic E-state index is 13.5. The van der Waals surface area contributed by atoms with Crippen molar-refractivity contribution in [1.29, 1.82) is 0 Å². The number of carbonyl (C=O) groups is 2. The number of carbonyl (C=O) groups excluding carboxylic acids is 2. The highest BCUT2D eigenvalue weighted by molar-refractivity contribution is 5.98. The number of hydrogen-bond acceptors (Lipinski definition) is 4. The summed E-state index contributed by atoms with van der Waals surface area (Å²) in [5.74, 6) is 1.42. The van der Waals surface area contributed by atoms with Gasteiger partial charge in [0.1, 0.15) is 5.75 Å². The minimum absolute atomic E-state index is 0.0497. The van der Waals surface area contributed by atoms with E-state index < -0.39 is 5.72 Å². The second kappa shape index (κ2) is 7.80. The fourth-order valence-corrected chi connectivity index (χ4v) is 6.49. The van der Waals surface area contributed by atoms with Crippen molar-refractivity contribution in [1.82, 2.24) is 15.1 Å². The Kier molecular flexibility index (Phi) is 5.24. The first kappa shape index (κ1) is 20.8. The minimum Gasteiger partial charge on any atom is -0.467 e. The standard InChI is InChI=1S/C25H35N3O3/c1-16(2)28-12-10-19(11-13-28)27(3)24(30)21-14-18-9-8-17(21)15-25(18)26-23(29)20-6-4-5-7-22(20)31-25/h4-7,16-19,21H,8-15H2,1-3H3,(H,26,29). The van der Waals surface area contributed by atoms with Crippen molar-refractivity contribution in [2.75, 3.05) is 20.1 Å². The summed E-state index contributed by atoms with van der Waals surface area (Å²) in [7, 11) is 2.01. The Hall–Kier alpha value is -2.08. The Labute approximate surface area is 185 Å². The molecule has 1 spiro atoms. The molecule has 2 amide bonds. The van der Waals surface area contributed by atoms with Crippen molar-refractivity contribution >= 4 is 11.8 Å². The zero-order valence-corrected chi connectivity index (χ0v) is 19.0. The third-order valence-electron chi connectivity index (χ3n) is 8.41. The van der Waals surface area contributed by atoms with Gasteiger partial charge in [0.25, 0.3) is 5.91 Å². The highest BCUT2D eigenvalue weighted by Gasteiger charge is 2.57. The van der Waals surface area contributed by atoms with E-state index >= 15 is 0 Å². The number of rotatable bonds is 3. The molecule has 6 nitrogen and oxygen atoms in total. The van der Waals surface area contributed by atoms with E-state index in [2.05, 4.69) is 24.1 Å². The molecule has 4 unspecified atom stereocenters. The highest BCUT2D eigenvalue weighted by Crippen LogP contribution is 2.52. The van der Waals surface area contributed by atoms with Crippen LogP contribution in [0.5, 0.6) is 5.75 Å². The van der Waals surface area contributed by atoms with Crippen LogP contribution < -0.4 is 10.1 Å². The Morgan fingerprint density at radius 3 is 2.61 bits per heavy atom. The van der Waals surface area contributed by atoms with Gasteiger partial charge < -0.3 is 19.9 Å². The number of amides is 2. The van der Waals surface area contributed by atoms with Gasteiger partial charge in [0, 0.05) is 50.5 Å². The molecular weight excluding hydrogens is 390 g/mol. The number of nitrogens with one attached hydrogen (secondary N) is 1. The molecule has 1 aromatic rings. The van der Waals surface area contributed by atoms with Crippen LogP contribution in [0, 0.1) is 17.8 Å². The van der Waals surface area contributed by atoms with E-state index in [-0.39, 0.29) is 23.7 Å². The summed E-state index contributed by atoms with van der Waals surface area (Å²) in [6, 6.07) is 8.39. The summed E-state index contributed by atoms with van der Waals surface area (Å²) in [4.78, 5) is 30.8. The summed E-state index contributed by atoms with van der Waals surface area (Å²) < 4.78 is 6.44. The molecule has 6 rings (SSSR count). The number of piperidine rings is 1. The van der Waals surface area contributed by atoms with Crippen LogP contribution in [-0.2, 0) is 4.79 Å². The number of likely N-dealkylation sites (tertiary alicyclic amines) is 1.